The lowest BCUT2D eigenvalue weighted by atomic mass is 10.0. The fraction of sp³-hybridized carbons (Fsp3) is 0.222. The first-order valence-corrected chi connectivity index (χ1v) is 6.94. The molecule has 3 aromatic rings. The Morgan fingerprint density at radius 3 is 1.90 bits per heavy atom. The number of halogens is 1. The highest BCUT2D eigenvalue weighted by molar-refractivity contribution is 6.05. The number of likely N-dealkylation sites (N-methyl/N-ethyl adjacent to an activating group) is 1. The van der Waals surface area contributed by atoms with Gasteiger partial charge in [0.05, 0.1) is 0 Å². The molecule has 110 valence electrons. The van der Waals surface area contributed by atoms with Gasteiger partial charge >= 0.3 is 0 Å². The van der Waals surface area contributed by atoms with Gasteiger partial charge in [-0.05, 0) is 30.9 Å². The van der Waals surface area contributed by atoms with Crippen molar-refractivity contribution in [1.82, 2.24) is 4.90 Å². The monoisotopic (exact) mass is 301 g/mol. The normalized spacial score (nSPS) is 10.8. The minimum Gasteiger partial charge on any atom is -0.491 e. The Morgan fingerprint density at radius 2 is 1.38 bits per heavy atom. The molecule has 0 N–H and O–H groups in total. The first-order valence-electron chi connectivity index (χ1n) is 6.94. The molecule has 0 aliphatic heterocycles. The van der Waals surface area contributed by atoms with Crippen LogP contribution in [0, 0.1) is 0 Å². The first-order chi connectivity index (χ1) is 9.75. The van der Waals surface area contributed by atoms with Gasteiger partial charge in [-0.2, -0.15) is 0 Å². The molecule has 3 aromatic carbocycles. The third-order valence-corrected chi connectivity index (χ3v) is 3.51. The van der Waals surface area contributed by atoms with E-state index in [9.17, 15) is 0 Å². The van der Waals surface area contributed by atoms with E-state index in [1.54, 1.807) is 0 Å². The van der Waals surface area contributed by atoms with E-state index < -0.39 is 0 Å². The molecule has 0 heterocycles. The maximum atomic E-state index is 6.10. The van der Waals surface area contributed by atoms with E-state index in [1.165, 1.54) is 21.5 Å². The van der Waals surface area contributed by atoms with E-state index in [2.05, 4.69) is 73.6 Å². The summed E-state index contributed by atoms with van der Waals surface area (Å²) in [6.45, 7) is 1.61. The van der Waals surface area contributed by atoms with Crippen LogP contribution >= 0.6 is 12.4 Å². The Bertz CT molecular complexity index is 685. The van der Waals surface area contributed by atoms with Gasteiger partial charge in [0.2, 0.25) is 0 Å². The van der Waals surface area contributed by atoms with Crippen LogP contribution in [0.5, 0.6) is 5.75 Å². The SMILES string of the molecule is CN(C)CCOc1c2ccccc2cc2ccccc12.Cl. The topological polar surface area (TPSA) is 12.5 Å². The van der Waals surface area contributed by atoms with Crippen LogP contribution in [-0.2, 0) is 0 Å². The highest BCUT2D eigenvalue weighted by Crippen LogP contribution is 2.34. The minimum absolute atomic E-state index is 0. The number of rotatable bonds is 4. The summed E-state index contributed by atoms with van der Waals surface area (Å²) >= 11 is 0. The first kappa shape index (κ1) is 15.6. The van der Waals surface area contributed by atoms with Gasteiger partial charge in [-0.1, -0.05) is 48.5 Å². The third-order valence-electron chi connectivity index (χ3n) is 3.51. The summed E-state index contributed by atoms with van der Waals surface area (Å²) in [5.74, 6) is 1.00. The van der Waals surface area contributed by atoms with Crippen molar-refractivity contribution >= 4 is 34.0 Å². The molecular formula is C18H20ClNO. The molecule has 0 aromatic heterocycles. The highest BCUT2D eigenvalue weighted by Gasteiger charge is 2.08. The van der Waals surface area contributed by atoms with E-state index in [1.807, 2.05) is 0 Å². The molecule has 3 rings (SSSR count). The molecule has 0 amide bonds. The second kappa shape index (κ2) is 6.79. The standard InChI is InChI=1S/C18H19NO.ClH/c1-19(2)11-12-20-18-16-9-5-3-7-14(16)13-15-8-4-6-10-17(15)18;/h3-10,13H,11-12H2,1-2H3;1H. The molecule has 0 saturated heterocycles. The Morgan fingerprint density at radius 1 is 0.857 bits per heavy atom. The lowest BCUT2D eigenvalue weighted by Gasteiger charge is -2.15. The molecule has 2 nitrogen and oxygen atoms in total. The van der Waals surface area contributed by atoms with Gasteiger partial charge in [-0.25, -0.2) is 0 Å². The molecule has 0 fully saturated rings. The van der Waals surface area contributed by atoms with Crippen LogP contribution in [0.25, 0.3) is 21.5 Å². The fourth-order valence-corrected chi connectivity index (χ4v) is 2.46. The van der Waals surface area contributed by atoms with Crippen molar-refractivity contribution in [3.05, 3.63) is 54.6 Å². The number of fused-ring (bicyclic) bond motifs is 2. The Labute approximate surface area is 131 Å². The summed E-state index contributed by atoms with van der Waals surface area (Å²) in [6.07, 6.45) is 0. The van der Waals surface area contributed by atoms with Crippen molar-refractivity contribution in [3.63, 3.8) is 0 Å². The van der Waals surface area contributed by atoms with E-state index in [0.29, 0.717) is 6.61 Å². The minimum atomic E-state index is 0. The van der Waals surface area contributed by atoms with Crippen LogP contribution in [0.1, 0.15) is 0 Å². The number of hydrogen-bond acceptors (Lipinski definition) is 2. The van der Waals surface area contributed by atoms with Crippen LogP contribution in [0.15, 0.2) is 54.6 Å². The predicted molar refractivity (Wildman–Crippen MR) is 92.8 cm³/mol. The van der Waals surface area contributed by atoms with Gasteiger partial charge in [0.1, 0.15) is 12.4 Å². The van der Waals surface area contributed by atoms with Crippen molar-refractivity contribution in [2.24, 2.45) is 0 Å². The zero-order valence-corrected chi connectivity index (χ0v) is 13.2. The van der Waals surface area contributed by atoms with Gasteiger partial charge in [0.15, 0.2) is 0 Å². The van der Waals surface area contributed by atoms with E-state index in [0.717, 1.165) is 12.3 Å². The second-order valence-corrected chi connectivity index (χ2v) is 5.30. The molecule has 3 heteroatoms. The van der Waals surface area contributed by atoms with Crippen molar-refractivity contribution in [2.75, 3.05) is 27.2 Å². The molecular weight excluding hydrogens is 282 g/mol. The Balaban J connectivity index is 0.00000161. The van der Waals surface area contributed by atoms with Crippen molar-refractivity contribution < 1.29 is 4.74 Å². The predicted octanol–water partition coefficient (Wildman–Crippen LogP) is 4.36. The summed E-state index contributed by atoms with van der Waals surface area (Å²) in [4.78, 5) is 2.13. The van der Waals surface area contributed by atoms with E-state index >= 15 is 0 Å². The maximum Gasteiger partial charge on any atom is 0.135 e. The molecule has 0 aliphatic rings. The van der Waals surface area contributed by atoms with E-state index in [-0.39, 0.29) is 12.4 Å². The van der Waals surface area contributed by atoms with Gasteiger partial charge in [0.25, 0.3) is 0 Å². The van der Waals surface area contributed by atoms with Gasteiger partial charge in [-0.3, -0.25) is 0 Å². The molecule has 0 saturated carbocycles. The smallest absolute Gasteiger partial charge is 0.135 e. The number of hydrogen-bond donors (Lipinski definition) is 0. The lowest BCUT2D eigenvalue weighted by Crippen LogP contribution is -2.19. The Hall–Kier alpha value is -1.77. The van der Waals surface area contributed by atoms with Gasteiger partial charge < -0.3 is 9.64 Å². The molecule has 0 unspecified atom stereocenters. The number of ether oxygens (including phenoxy) is 1. The molecule has 21 heavy (non-hydrogen) atoms. The van der Waals surface area contributed by atoms with Crippen molar-refractivity contribution in [3.8, 4) is 5.75 Å². The number of benzene rings is 3. The maximum absolute atomic E-state index is 6.10. The van der Waals surface area contributed by atoms with Crippen LogP contribution in [-0.4, -0.2) is 32.1 Å². The summed E-state index contributed by atoms with van der Waals surface area (Å²) in [7, 11) is 4.12. The molecule has 0 spiro atoms. The summed E-state index contributed by atoms with van der Waals surface area (Å²) in [5.41, 5.74) is 0. The van der Waals surface area contributed by atoms with Crippen LogP contribution < -0.4 is 4.74 Å². The molecule has 0 aliphatic carbocycles. The lowest BCUT2D eigenvalue weighted by molar-refractivity contribution is 0.266. The second-order valence-electron chi connectivity index (χ2n) is 5.30. The summed E-state index contributed by atoms with van der Waals surface area (Å²) in [5, 5.41) is 4.83. The summed E-state index contributed by atoms with van der Waals surface area (Å²) in [6, 6.07) is 19.0. The zero-order valence-electron chi connectivity index (χ0n) is 12.4. The number of nitrogens with zero attached hydrogens (tertiary/aromatic N) is 1. The van der Waals surface area contributed by atoms with Crippen LogP contribution in [0.3, 0.4) is 0 Å². The van der Waals surface area contributed by atoms with Crippen LogP contribution in [0.2, 0.25) is 0 Å². The highest BCUT2D eigenvalue weighted by atomic mass is 35.5. The van der Waals surface area contributed by atoms with Gasteiger partial charge in [-0.15, -0.1) is 12.4 Å². The molecule has 0 bridgehead atoms. The van der Waals surface area contributed by atoms with Gasteiger partial charge in [0, 0.05) is 17.3 Å². The largest absolute Gasteiger partial charge is 0.491 e. The molecule has 0 atom stereocenters. The quantitative estimate of drug-likeness (QED) is 0.664. The Kier molecular flexibility index (Phi) is 5.05. The van der Waals surface area contributed by atoms with Crippen molar-refractivity contribution in [1.29, 1.82) is 0 Å². The third kappa shape index (κ3) is 3.29. The fourth-order valence-electron chi connectivity index (χ4n) is 2.46. The van der Waals surface area contributed by atoms with Crippen molar-refractivity contribution in [2.45, 2.75) is 0 Å². The zero-order chi connectivity index (χ0) is 13.9. The average molecular weight is 302 g/mol. The summed E-state index contributed by atoms with van der Waals surface area (Å²) < 4.78 is 6.10. The van der Waals surface area contributed by atoms with E-state index in [4.69, 9.17) is 4.74 Å². The average Bonchev–Trinajstić information content (AvgIpc) is 2.46. The van der Waals surface area contributed by atoms with Crippen LogP contribution in [0.4, 0.5) is 0 Å². The molecule has 0 radical (unpaired) electrons.